The molecule has 0 aromatic heterocycles. The number of methoxy groups -OCH3 is 1. The quantitative estimate of drug-likeness (QED) is 0.209. The molecule has 0 bridgehead atoms. The Kier molecular flexibility index (Phi) is 12.3. The van der Waals surface area contributed by atoms with Gasteiger partial charge in [-0.05, 0) is 81.5 Å². The lowest BCUT2D eigenvalue weighted by molar-refractivity contribution is -0.161. The Bertz CT molecular complexity index is 1440. The van der Waals surface area contributed by atoms with Crippen molar-refractivity contribution in [3.05, 3.63) is 59.7 Å². The summed E-state index contributed by atoms with van der Waals surface area (Å²) in [7, 11) is 3.32. The van der Waals surface area contributed by atoms with Gasteiger partial charge < -0.3 is 24.4 Å². The second-order valence-corrected chi connectivity index (χ2v) is 15.6. The Balaban J connectivity index is 1.42. The number of carbonyl (C=O) groups is 4. The molecular weight excluding hydrogens is 620 g/mol. The first kappa shape index (κ1) is 38.1. The normalized spacial score (nSPS) is 16.8. The van der Waals surface area contributed by atoms with E-state index in [1.165, 1.54) is 0 Å². The smallest absolute Gasteiger partial charge is 0.407 e. The van der Waals surface area contributed by atoms with Gasteiger partial charge in [-0.15, -0.1) is 0 Å². The minimum atomic E-state index is -1.27. The number of nitrogens with one attached hydrogen (secondary N) is 1. The highest BCUT2D eigenvalue weighted by Crippen LogP contribution is 2.44. The number of hydrogen-bond donors (Lipinski definition) is 1. The number of esters is 1. The van der Waals surface area contributed by atoms with Gasteiger partial charge in [0.05, 0.1) is 24.1 Å². The van der Waals surface area contributed by atoms with Crippen LogP contribution in [0.15, 0.2) is 48.5 Å². The molecule has 2 aromatic carbocycles. The van der Waals surface area contributed by atoms with Crippen LogP contribution in [-0.2, 0) is 28.6 Å². The summed E-state index contributed by atoms with van der Waals surface area (Å²) in [5.41, 5.74) is 2.57. The molecule has 0 spiro atoms. The van der Waals surface area contributed by atoms with Gasteiger partial charge in [-0.2, -0.15) is 0 Å². The van der Waals surface area contributed by atoms with Crippen molar-refractivity contribution in [2.75, 3.05) is 20.8 Å². The number of hydrogen-bond acceptors (Lipinski definition) is 7. The maximum absolute atomic E-state index is 14.2. The molecule has 0 radical (unpaired) electrons. The van der Waals surface area contributed by atoms with E-state index in [0.29, 0.717) is 0 Å². The molecule has 49 heavy (non-hydrogen) atoms. The number of rotatable bonds is 14. The fourth-order valence-corrected chi connectivity index (χ4v) is 7.49. The standard InChI is InChI=1S/C40H56N2O7/c1-25(2)31(37(45)42(8)36(26-16-10-11-17-26)33(47-9)23-35(44)49-39(3,4)5)22-34(43)40(6,7)41-38(46)48-24-32-29-20-14-12-18-27(29)28-19-13-15-21-30(28)32/h12-15,18-21,25-26,31-33,36H,10-11,16-17,22-24H2,1-9H3,(H,41,46)/t31-,33?,36-/m0/s1. The van der Waals surface area contributed by atoms with E-state index >= 15 is 0 Å². The van der Waals surface area contributed by atoms with Crippen molar-refractivity contribution in [3.63, 3.8) is 0 Å². The van der Waals surface area contributed by atoms with Crippen molar-refractivity contribution in [1.82, 2.24) is 10.2 Å². The molecule has 1 fully saturated rings. The summed E-state index contributed by atoms with van der Waals surface area (Å²) in [6.45, 7) is 12.7. The highest BCUT2D eigenvalue weighted by molar-refractivity contribution is 5.94. The van der Waals surface area contributed by atoms with Crippen LogP contribution < -0.4 is 5.32 Å². The molecule has 2 aromatic rings. The molecular formula is C40H56N2O7. The summed E-state index contributed by atoms with van der Waals surface area (Å²) in [6.07, 6.45) is 2.69. The van der Waals surface area contributed by atoms with Crippen LogP contribution in [0.25, 0.3) is 11.1 Å². The first-order valence-electron chi connectivity index (χ1n) is 17.7. The second-order valence-electron chi connectivity index (χ2n) is 15.6. The van der Waals surface area contributed by atoms with Gasteiger partial charge in [0.15, 0.2) is 5.78 Å². The summed E-state index contributed by atoms with van der Waals surface area (Å²) in [5, 5.41) is 2.77. The Morgan fingerprint density at radius 2 is 1.43 bits per heavy atom. The lowest BCUT2D eigenvalue weighted by Crippen LogP contribution is -2.54. The highest BCUT2D eigenvalue weighted by atomic mass is 16.6. The summed E-state index contributed by atoms with van der Waals surface area (Å²) < 4.78 is 17.2. The van der Waals surface area contributed by atoms with E-state index in [4.69, 9.17) is 14.2 Å². The Morgan fingerprint density at radius 3 is 1.94 bits per heavy atom. The molecule has 2 aliphatic rings. The molecule has 9 nitrogen and oxygen atoms in total. The minimum Gasteiger partial charge on any atom is -0.460 e. The number of amides is 2. The lowest BCUT2D eigenvalue weighted by Gasteiger charge is -2.40. The van der Waals surface area contributed by atoms with Crippen LogP contribution in [0.3, 0.4) is 0 Å². The molecule has 1 unspecified atom stereocenters. The molecule has 268 valence electrons. The van der Waals surface area contributed by atoms with Crippen molar-refractivity contribution in [3.8, 4) is 11.1 Å². The Labute approximate surface area is 292 Å². The highest BCUT2D eigenvalue weighted by Gasteiger charge is 2.42. The van der Waals surface area contributed by atoms with Crippen LogP contribution in [-0.4, -0.2) is 72.7 Å². The van der Waals surface area contributed by atoms with Gasteiger partial charge in [0.1, 0.15) is 12.2 Å². The largest absolute Gasteiger partial charge is 0.460 e. The fourth-order valence-electron chi connectivity index (χ4n) is 7.49. The van der Waals surface area contributed by atoms with Crippen molar-refractivity contribution in [2.24, 2.45) is 17.8 Å². The van der Waals surface area contributed by atoms with E-state index in [2.05, 4.69) is 29.6 Å². The molecule has 9 heteroatoms. The van der Waals surface area contributed by atoms with E-state index in [0.717, 1.165) is 47.9 Å². The van der Waals surface area contributed by atoms with Crippen molar-refractivity contribution < 1.29 is 33.4 Å². The van der Waals surface area contributed by atoms with E-state index in [1.54, 1.807) is 32.9 Å². The predicted molar refractivity (Wildman–Crippen MR) is 190 cm³/mol. The first-order valence-corrected chi connectivity index (χ1v) is 17.7. The van der Waals surface area contributed by atoms with Crippen LogP contribution >= 0.6 is 0 Å². The van der Waals surface area contributed by atoms with Gasteiger partial charge in [-0.1, -0.05) is 75.2 Å². The number of Topliss-reactive ketones (excluding diaryl/α,β-unsaturated/α-hetero) is 1. The third-order valence-corrected chi connectivity index (χ3v) is 10.1. The third kappa shape index (κ3) is 9.30. The van der Waals surface area contributed by atoms with Crippen LogP contribution in [0.4, 0.5) is 4.79 Å². The van der Waals surface area contributed by atoms with Gasteiger partial charge in [-0.3, -0.25) is 14.4 Å². The zero-order valence-corrected chi connectivity index (χ0v) is 30.8. The molecule has 1 N–H and O–H groups in total. The van der Waals surface area contributed by atoms with E-state index < -0.39 is 29.3 Å². The SMILES string of the molecule is COC(CC(=O)OC(C)(C)C)[C@H](C1CCCC1)N(C)C(=O)[C@@H](CC(=O)C(C)(C)NC(=O)OCC1c2ccccc2-c2ccccc21)C(C)C. The maximum Gasteiger partial charge on any atom is 0.407 e. The summed E-state index contributed by atoms with van der Waals surface area (Å²) >= 11 is 0. The average Bonchev–Trinajstić information content (AvgIpc) is 3.67. The molecule has 2 amide bonds. The van der Waals surface area contributed by atoms with Crippen molar-refractivity contribution in [2.45, 2.75) is 116 Å². The van der Waals surface area contributed by atoms with Gasteiger partial charge in [0.25, 0.3) is 0 Å². The Morgan fingerprint density at radius 1 is 0.878 bits per heavy atom. The van der Waals surface area contributed by atoms with Crippen molar-refractivity contribution in [1.29, 1.82) is 0 Å². The summed E-state index contributed by atoms with van der Waals surface area (Å²) in [5.74, 6) is -1.55. The number of ketones is 1. The molecule has 0 heterocycles. The topological polar surface area (TPSA) is 111 Å². The zero-order valence-electron chi connectivity index (χ0n) is 30.8. The van der Waals surface area contributed by atoms with E-state index in [9.17, 15) is 19.2 Å². The van der Waals surface area contributed by atoms with Crippen LogP contribution in [0.2, 0.25) is 0 Å². The number of alkyl carbamates (subject to hydrolysis) is 1. The molecule has 2 aliphatic carbocycles. The van der Waals surface area contributed by atoms with Crippen molar-refractivity contribution >= 4 is 23.8 Å². The van der Waals surface area contributed by atoms with Crippen LogP contribution in [0, 0.1) is 17.8 Å². The molecule has 4 rings (SSSR count). The Hall–Kier alpha value is -3.72. The molecule has 0 aliphatic heterocycles. The van der Waals surface area contributed by atoms with Gasteiger partial charge in [0.2, 0.25) is 5.91 Å². The monoisotopic (exact) mass is 676 g/mol. The third-order valence-electron chi connectivity index (χ3n) is 10.1. The van der Waals surface area contributed by atoms with E-state index in [1.807, 2.05) is 58.9 Å². The number of carbonyl (C=O) groups excluding carboxylic acids is 4. The lowest BCUT2D eigenvalue weighted by atomic mass is 9.83. The molecule has 3 atom stereocenters. The van der Waals surface area contributed by atoms with E-state index in [-0.39, 0.29) is 60.9 Å². The summed E-state index contributed by atoms with van der Waals surface area (Å²) in [4.78, 5) is 55.7. The maximum atomic E-state index is 14.2. The zero-order chi connectivity index (χ0) is 36.1. The first-order chi connectivity index (χ1) is 23.0. The fraction of sp³-hybridized carbons (Fsp3) is 0.600. The van der Waals surface area contributed by atoms with Crippen LogP contribution in [0.1, 0.15) is 104 Å². The van der Waals surface area contributed by atoms with Gasteiger partial charge >= 0.3 is 12.1 Å². The summed E-state index contributed by atoms with van der Waals surface area (Å²) in [6, 6.07) is 15.9. The molecule has 1 saturated carbocycles. The number of ether oxygens (including phenoxy) is 3. The predicted octanol–water partition coefficient (Wildman–Crippen LogP) is 7.30. The number of nitrogens with zero attached hydrogens (tertiary/aromatic N) is 1. The van der Waals surface area contributed by atoms with Gasteiger partial charge in [0, 0.05) is 32.4 Å². The number of fused-ring (bicyclic) bond motifs is 3. The number of likely N-dealkylation sites (N-methyl/N-ethyl adjacent to an activating group) is 1. The van der Waals surface area contributed by atoms with Crippen LogP contribution in [0.5, 0.6) is 0 Å². The average molecular weight is 677 g/mol. The number of benzene rings is 2. The molecule has 0 saturated heterocycles. The second kappa shape index (κ2) is 15.9. The van der Waals surface area contributed by atoms with Gasteiger partial charge in [-0.25, -0.2) is 4.79 Å². The minimum absolute atomic E-state index is 0.0227.